The van der Waals surface area contributed by atoms with Gasteiger partial charge in [0.15, 0.2) is 0 Å². The van der Waals surface area contributed by atoms with Gasteiger partial charge < -0.3 is 42.6 Å². The molecule has 0 saturated carbocycles. The van der Waals surface area contributed by atoms with Crippen molar-refractivity contribution in [1.82, 2.24) is 20.9 Å². The van der Waals surface area contributed by atoms with Gasteiger partial charge in [-0.25, -0.2) is 4.79 Å². The van der Waals surface area contributed by atoms with Gasteiger partial charge in [-0.05, 0) is 30.4 Å². The van der Waals surface area contributed by atoms with Gasteiger partial charge in [-0.3, -0.25) is 24.0 Å². The van der Waals surface area contributed by atoms with Crippen LogP contribution in [0.1, 0.15) is 45.1 Å². The van der Waals surface area contributed by atoms with Crippen LogP contribution in [0.5, 0.6) is 0 Å². The largest absolute Gasteiger partial charge is 0.481 e. The molecule has 2 aromatic rings. The zero-order valence-corrected chi connectivity index (χ0v) is 22.3. The molecule has 0 aliphatic rings. The molecule has 10 N–H and O–H groups in total. The minimum Gasteiger partial charge on any atom is -0.481 e. The van der Waals surface area contributed by atoms with Gasteiger partial charge in [-0.1, -0.05) is 32.0 Å². The van der Waals surface area contributed by atoms with E-state index in [-0.39, 0.29) is 12.3 Å². The molecule has 14 heteroatoms. The van der Waals surface area contributed by atoms with Crippen LogP contribution in [0.15, 0.2) is 30.5 Å². The first-order valence-electron chi connectivity index (χ1n) is 12.7. The number of carboxylic acid groups (broad SMARTS) is 2. The standard InChI is InChI=1S/C26H36N6O8/c1-13(2)9-16(27)23(36)31-19(11-21(28)33)25(38)30-18(7-8-22(34)35)24(37)32-20(26(39)40)10-14-12-29-17-6-4-3-5-15(14)17/h3-6,12-13,16,18-20,29H,7-11,27H2,1-2H3,(H2,28,33)(H,30,38)(H,31,36)(H,32,37)(H,34,35)(H,39,40). The number of primary amides is 1. The van der Waals surface area contributed by atoms with E-state index in [4.69, 9.17) is 16.6 Å². The van der Waals surface area contributed by atoms with E-state index in [1.807, 2.05) is 19.9 Å². The smallest absolute Gasteiger partial charge is 0.326 e. The van der Waals surface area contributed by atoms with Gasteiger partial charge in [-0.15, -0.1) is 0 Å². The number of carbonyl (C=O) groups excluding carboxylic acids is 4. The molecule has 0 aliphatic carbocycles. The normalized spacial score (nSPS) is 14.1. The SMILES string of the molecule is CC(C)CC(N)C(=O)NC(CC(N)=O)C(=O)NC(CCC(=O)O)C(=O)NC(Cc1c[nH]c2ccccc12)C(=O)O. The van der Waals surface area contributed by atoms with Gasteiger partial charge >= 0.3 is 11.9 Å². The Balaban J connectivity index is 2.20. The molecular weight excluding hydrogens is 524 g/mol. The molecule has 0 spiro atoms. The van der Waals surface area contributed by atoms with Gasteiger partial charge in [0.2, 0.25) is 23.6 Å². The third-order valence-electron chi connectivity index (χ3n) is 6.09. The first kappa shape index (κ1) is 31.8. The second kappa shape index (κ2) is 14.6. The zero-order valence-electron chi connectivity index (χ0n) is 22.3. The van der Waals surface area contributed by atoms with Crippen molar-refractivity contribution in [2.45, 2.75) is 70.1 Å². The molecule has 4 amide bonds. The molecule has 1 heterocycles. The number of aromatic nitrogens is 1. The van der Waals surface area contributed by atoms with Crippen molar-refractivity contribution in [2.75, 3.05) is 0 Å². The van der Waals surface area contributed by atoms with Crippen LogP contribution < -0.4 is 27.4 Å². The summed E-state index contributed by atoms with van der Waals surface area (Å²) in [4.78, 5) is 76.4. The fourth-order valence-corrected chi connectivity index (χ4v) is 4.11. The number of hydrogen-bond acceptors (Lipinski definition) is 7. The highest BCUT2D eigenvalue weighted by Gasteiger charge is 2.32. The van der Waals surface area contributed by atoms with Gasteiger partial charge in [0, 0.05) is 29.9 Å². The molecule has 0 fully saturated rings. The first-order chi connectivity index (χ1) is 18.8. The maximum atomic E-state index is 13.1. The number of H-pyrrole nitrogens is 1. The molecule has 0 bridgehead atoms. The summed E-state index contributed by atoms with van der Waals surface area (Å²) in [6, 6.07) is 1.80. The number of para-hydroxylation sites is 1. The Hall–Kier alpha value is -4.46. The number of benzene rings is 1. The van der Waals surface area contributed by atoms with E-state index in [1.165, 1.54) is 0 Å². The number of carbonyl (C=O) groups is 6. The van der Waals surface area contributed by atoms with E-state index in [9.17, 15) is 33.9 Å². The van der Waals surface area contributed by atoms with Gasteiger partial charge in [0.05, 0.1) is 12.5 Å². The van der Waals surface area contributed by atoms with Crippen LogP contribution in [-0.2, 0) is 35.2 Å². The summed E-state index contributed by atoms with van der Waals surface area (Å²) in [5.41, 5.74) is 12.5. The molecular formula is C26H36N6O8. The lowest BCUT2D eigenvalue weighted by atomic mass is 10.0. The number of aliphatic carboxylic acids is 2. The molecule has 0 radical (unpaired) electrons. The number of hydrogen-bond donors (Lipinski definition) is 8. The molecule has 0 saturated heterocycles. The molecule has 218 valence electrons. The number of fused-ring (bicyclic) bond motifs is 1. The number of nitrogens with two attached hydrogens (primary N) is 2. The Kier molecular flexibility index (Phi) is 11.6. The Morgan fingerprint density at radius 2 is 1.50 bits per heavy atom. The first-order valence-corrected chi connectivity index (χ1v) is 12.7. The van der Waals surface area contributed by atoms with Crippen molar-refractivity contribution < 1.29 is 39.0 Å². The van der Waals surface area contributed by atoms with Crippen molar-refractivity contribution in [3.05, 3.63) is 36.0 Å². The van der Waals surface area contributed by atoms with Crippen LogP contribution in [0.2, 0.25) is 0 Å². The average molecular weight is 561 g/mol. The second-order valence-electron chi connectivity index (χ2n) is 9.92. The maximum absolute atomic E-state index is 13.1. The fraction of sp³-hybridized carbons (Fsp3) is 0.462. The van der Waals surface area contributed by atoms with Gasteiger partial charge in [-0.2, -0.15) is 0 Å². The molecule has 40 heavy (non-hydrogen) atoms. The molecule has 14 nitrogen and oxygen atoms in total. The van der Waals surface area contributed by atoms with Crippen LogP contribution in [0.3, 0.4) is 0 Å². The lowest BCUT2D eigenvalue weighted by Crippen LogP contribution is -2.58. The van der Waals surface area contributed by atoms with E-state index in [0.29, 0.717) is 12.0 Å². The topological polar surface area (TPSA) is 247 Å². The summed E-state index contributed by atoms with van der Waals surface area (Å²) in [5, 5.41) is 26.7. The fourth-order valence-electron chi connectivity index (χ4n) is 4.11. The molecule has 1 aromatic carbocycles. The highest BCUT2D eigenvalue weighted by molar-refractivity contribution is 5.96. The van der Waals surface area contributed by atoms with E-state index in [1.54, 1.807) is 24.4 Å². The number of aromatic amines is 1. The van der Waals surface area contributed by atoms with Crippen molar-refractivity contribution >= 4 is 46.5 Å². The molecule has 4 atom stereocenters. The van der Waals surface area contributed by atoms with Gasteiger partial charge in [0.1, 0.15) is 18.1 Å². The number of carboxylic acids is 2. The third-order valence-corrected chi connectivity index (χ3v) is 6.09. The van der Waals surface area contributed by atoms with Crippen LogP contribution in [0.25, 0.3) is 10.9 Å². The minimum atomic E-state index is -1.50. The van der Waals surface area contributed by atoms with Crippen molar-refractivity contribution in [3.63, 3.8) is 0 Å². The van der Waals surface area contributed by atoms with E-state index in [2.05, 4.69) is 20.9 Å². The molecule has 2 rings (SSSR count). The molecule has 4 unspecified atom stereocenters. The Labute approximate surface area is 230 Å². The van der Waals surface area contributed by atoms with E-state index >= 15 is 0 Å². The zero-order chi connectivity index (χ0) is 30.0. The number of amides is 4. The quantitative estimate of drug-likeness (QED) is 0.130. The summed E-state index contributed by atoms with van der Waals surface area (Å²) in [6.45, 7) is 3.69. The monoisotopic (exact) mass is 560 g/mol. The highest BCUT2D eigenvalue weighted by atomic mass is 16.4. The van der Waals surface area contributed by atoms with Crippen LogP contribution >= 0.6 is 0 Å². The summed E-state index contributed by atoms with van der Waals surface area (Å²) in [6.07, 6.45) is 0.280. The van der Waals surface area contributed by atoms with Crippen molar-refractivity contribution in [3.8, 4) is 0 Å². The summed E-state index contributed by atoms with van der Waals surface area (Å²) >= 11 is 0. The summed E-state index contributed by atoms with van der Waals surface area (Å²) in [7, 11) is 0. The van der Waals surface area contributed by atoms with Crippen molar-refractivity contribution in [1.29, 1.82) is 0 Å². The van der Waals surface area contributed by atoms with Gasteiger partial charge in [0.25, 0.3) is 0 Å². The summed E-state index contributed by atoms with van der Waals surface area (Å²) in [5.74, 6) is -6.12. The van der Waals surface area contributed by atoms with Crippen LogP contribution in [-0.4, -0.2) is 74.9 Å². The Morgan fingerprint density at radius 1 is 0.900 bits per heavy atom. The maximum Gasteiger partial charge on any atom is 0.326 e. The van der Waals surface area contributed by atoms with Crippen molar-refractivity contribution in [2.24, 2.45) is 17.4 Å². The van der Waals surface area contributed by atoms with Crippen LogP contribution in [0, 0.1) is 5.92 Å². The predicted molar refractivity (Wildman–Crippen MR) is 144 cm³/mol. The lowest BCUT2D eigenvalue weighted by molar-refractivity contribution is -0.143. The highest BCUT2D eigenvalue weighted by Crippen LogP contribution is 2.19. The minimum absolute atomic E-state index is 0.0692. The average Bonchev–Trinajstić information content (AvgIpc) is 3.27. The third kappa shape index (κ3) is 9.69. The predicted octanol–water partition coefficient (Wildman–Crippen LogP) is -0.637. The second-order valence-corrected chi connectivity index (χ2v) is 9.92. The van der Waals surface area contributed by atoms with E-state index in [0.717, 1.165) is 10.9 Å². The molecule has 0 aliphatic heterocycles. The van der Waals surface area contributed by atoms with Crippen LogP contribution in [0.4, 0.5) is 0 Å². The number of nitrogens with one attached hydrogen (secondary N) is 4. The number of rotatable bonds is 16. The Morgan fingerprint density at radius 3 is 2.10 bits per heavy atom. The lowest BCUT2D eigenvalue weighted by Gasteiger charge is -2.25. The Bertz CT molecular complexity index is 1240. The summed E-state index contributed by atoms with van der Waals surface area (Å²) < 4.78 is 0. The molecule has 1 aromatic heterocycles. The van der Waals surface area contributed by atoms with E-state index < -0.39 is 79.0 Å².